The Bertz CT molecular complexity index is 108. The minimum Gasteiger partial charge on any atom is -0.478 e. The van der Waals surface area contributed by atoms with Gasteiger partial charge < -0.3 is 5.11 Å². The lowest BCUT2D eigenvalue weighted by molar-refractivity contribution is -0.131. The van der Waals surface area contributed by atoms with Crippen LogP contribution in [0.1, 0.15) is 0 Å². The Morgan fingerprint density at radius 1 is 1.62 bits per heavy atom. The van der Waals surface area contributed by atoms with E-state index in [2.05, 4.69) is 25.5 Å². The predicted octanol–water partition coefficient (Wildman–Crippen LogP) is 1.21. The molecule has 1 N–H and O–H groups in total. The van der Waals surface area contributed by atoms with E-state index in [1.54, 1.807) is 0 Å². The maximum atomic E-state index is 9.25. The monoisotopic (exact) mass is 112 g/mol. The zero-order valence-electron chi connectivity index (χ0n) is 4.55. The normalized spacial score (nSPS) is 5.00. The Morgan fingerprint density at radius 3 is 1.75 bits per heavy atom. The van der Waals surface area contributed by atoms with Crippen LogP contribution in [0, 0.1) is 0 Å². The van der Waals surface area contributed by atoms with E-state index in [4.69, 9.17) is 5.11 Å². The summed E-state index contributed by atoms with van der Waals surface area (Å²) in [6.07, 6.45) is 0.833. The van der Waals surface area contributed by atoms with Crippen molar-refractivity contribution in [3.63, 3.8) is 0 Å². The summed E-state index contributed by atoms with van der Waals surface area (Å²) >= 11 is 0. The van der Waals surface area contributed by atoms with Gasteiger partial charge in [0.1, 0.15) is 0 Å². The molecule has 0 fully saturated rings. The van der Waals surface area contributed by atoms with E-state index in [0.717, 1.165) is 6.08 Å². The SMILES string of the molecule is C=C=C.C=CC(=O)O. The zero-order chi connectivity index (χ0) is 6.99. The van der Waals surface area contributed by atoms with Crippen LogP contribution in [-0.2, 0) is 4.79 Å². The average Bonchev–Trinajstić information content (AvgIpc) is 1.69. The number of carboxylic acids is 1. The highest BCUT2D eigenvalue weighted by Crippen LogP contribution is 1.54. The first-order valence-corrected chi connectivity index (χ1v) is 1.83. The van der Waals surface area contributed by atoms with Crippen LogP contribution in [0.3, 0.4) is 0 Å². The maximum absolute atomic E-state index is 9.25. The first-order valence-electron chi connectivity index (χ1n) is 1.83. The lowest BCUT2D eigenvalue weighted by atomic mass is 10.7. The molecule has 8 heavy (non-hydrogen) atoms. The van der Waals surface area contributed by atoms with Crippen LogP contribution in [0.15, 0.2) is 31.5 Å². The van der Waals surface area contributed by atoms with E-state index in [-0.39, 0.29) is 0 Å². The molecule has 0 saturated heterocycles. The summed E-state index contributed by atoms with van der Waals surface area (Å²) in [5.74, 6) is -0.981. The molecular weight excluding hydrogens is 104 g/mol. The van der Waals surface area contributed by atoms with Crippen LogP contribution in [0.25, 0.3) is 0 Å². The third-order valence-electron chi connectivity index (χ3n) is 0.175. The smallest absolute Gasteiger partial charge is 0.327 e. The fourth-order valence-corrected chi connectivity index (χ4v) is 0. The third-order valence-corrected chi connectivity index (χ3v) is 0.175. The predicted molar refractivity (Wildman–Crippen MR) is 32.6 cm³/mol. The number of aliphatic carboxylic acids is 1. The topological polar surface area (TPSA) is 37.3 Å². The van der Waals surface area contributed by atoms with Crippen LogP contribution in [0.4, 0.5) is 0 Å². The number of rotatable bonds is 1. The Hall–Kier alpha value is -1.27. The zero-order valence-corrected chi connectivity index (χ0v) is 4.55. The Kier molecular flexibility index (Phi) is 11.4. The fraction of sp³-hybridized carbons (Fsp3) is 0. The molecule has 2 heteroatoms. The van der Waals surface area contributed by atoms with Crippen molar-refractivity contribution in [2.45, 2.75) is 0 Å². The van der Waals surface area contributed by atoms with Crippen molar-refractivity contribution in [2.75, 3.05) is 0 Å². The molecule has 0 aromatic carbocycles. The molecule has 0 spiro atoms. The molecule has 0 heterocycles. The van der Waals surface area contributed by atoms with Crippen molar-refractivity contribution in [2.24, 2.45) is 0 Å². The van der Waals surface area contributed by atoms with E-state index in [1.807, 2.05) is 0 Å². The van der Waals surface area contributed by atoms with Crippen LogP contribution >= 0.6 is 0 Å². The second-order valence-electron chi connectivity index (χ2n) is 0.792. The van der Waals surface area contributed by atoms with Gasteiger partial charge in [-0.3, -0.25) is 0 Å². The first-order chi connectivity index (χ1) is 3.68. The van der Waals surface area contributed by atoms with Gasteiger partial charge in [-0.2, -0.15) is 0 Å². The molecule has 0 aliphatic heterocycles. The maximum Gasteiger partial charge on any atom is 0.327 e. The number of hydrogen-bond acceptors (Lipinski definition) is 1. The van der Waals surface area contributed by atoms with Gasteiger partial charge in [-0.05, 0) is 0 Å². The first kappa shape index (κ1) is 9.88. The standard InChI is InChI=1S/C3H4O2.C3H4/c1-2-3(4)5;1-3-2/h2H,1H2,(H,4,5);1-2H2. The van der Waals surface area contributed by atoms with Gasteiger partial charge in [-0.15, -0.1) is 5.73 Å². The highest BCUT2D eigenvalue weighted by Gasteiger charge is 1.73. The third kappa shape index (κ3) is 123. The van der Waals surface area contributed by atoms with Crippen molar-refractivity contribution < 1.29 is 9.90 Å². The summed E-state index contributed by atoms with van der Waals surface area (Å²) in [5, 5.41) is 7.60. The lowest BCUT2D eigenvalue weighted by Gasteiger charge is -1.64. The van der Waals surface area contributed by atoms with Crippen molar-refractivity contribution in [3.8, 4) is 0 Å². The molecule has 0 aliphatic carbocycles. The fourth-order valence-electron chi connectivity index (χ4n) is 0. The molecular formula is C6H8O2. The molecule has 0 saturated carbocycles. The van der Waals surface area contributed by atoms with Gasteiger partial charge in [0.2, 0.25) is 0 Å². The number of carbonyl (C=O) groups is 1. The van der Waals surface area contributed by atoms with Crippen LogP contribution in [0.2, 0.25) is 0 Å². The average molecular weight is 112 g/mol. The molecule has 44 valence electrons. The summed E-state index contributed by atoms with van der Waals surface area (Å²) in [6.45, 7) is 9.21. The highest BCUT2D eigenvalue weighted by molar-refractivity contribution is 5.78. The molecule has 0 aromatic heterocycles. The van der Waals surface area contributed by atoms with Crippen molar-refractivity contribution in [3.05, 3.63) is 31.5 Å². The molecule has 0 unspecified atom stereocenters. The van der Waals surface area contributed by atoms with Gasteiger partial charge >= 0.3 is 5.97 Å². The molecule has 0 rings (SSSR count). The van der Waals surface area contributed by atoms with Gasteiger partial charge in [0.05, 0.1) is 0 Å². The highest BCUT2D eigenvalue weighted by atomic mass is 16.4. The quantitative estimate of drug-likeness (QED) is 0.409. The largest absolute Gasteiger partial charge is 0.478 e. The molecule has 0 aliphatic rings. The summed E-state index contributed by atoms with van der Waals surface area (Å²) in [5.41, 5.74) is 2.25. The second-order valence-corrected chi connectivity index (χ2v) is 0.792. The molecule has 0 amide bonds. The van der Waals surface area contributed by atoms with Crippen LogP contribution < -0.4 is 0 Å². The Morgan fingerprint density at radius 2 is 1.75 bits per heavy atom. The van der Waals surface area contributed by atoms with Gasteiger partial charge in [-0.25, -0.2) is 4.79 Å². The van der Waals surface area contributed by atoms with Crippen molar-refractivity contribution >= 4 is 5.97 Å². The molecule has 0 aromatic rings. The molecule has 0 bridgehead atoms. The van der Waals surface area contributed by atoms with Crippen LogP contribution in [0.5, 0.6) is 0 Å². The Balaban J connectivity index is 0. The van der Waals surface area contributed by atoms with Gasteiger partial charge in [0, 0.05) is 6.08 Å². The molecule has 2 nitrogen and oxygen atoms in total. The van der Waals surface area contributed by atoms with Gasteiger partial charge in [0.15, 0.2) is 0 Å². The minimum absolute atomic E-state index is 0.833. The lowest BCUT2D eigenvalue weighted by Crippen LogP contribution is -1.82. The van der Waals surface area contributed by atoms with Crippen LogP contribution in [-0.4, -0.2) is 11.1 Å². The minimum atomic E-state index is -0.981. The molecule has 0 atom stereocenters. The number of carboxylic acid groups (broad SMARTS) is 1. The summed E-state index contributed by atoms with van der Waals surface area (Å²) in [4.78, 5) is 9.25. The Labute approximate surface area is 48.5 Å². The van der Waals surface area contributed by atoms with E-state index in [1.165, 1.54) is 0 Å². The van der Waals surface area contributed by atoms with E-state index >= 15 is 0 Å². The van der Waals surface area contributed by atoms with Gasteiger partial charge in [0.25, 0.3) is 0 Å². The van der Waals surface area contributed by atoms with E-state index < -0.39 is 5.97 Å². The summed E-state index contributed by atoms with van der Waals surface area (Å²) in [7, 11) is 0. The van der Waals surface area contributed by atoms with E-state index in [0.29, 0.717) is 0 Å². The van der Waals surface area contributed by atoms with E-state index in [9.17, 15) is 4.79 Å². The van der Waals surface area contributed by atoms with Gasteiger partial charge in [-0.1, -0.05) is 19.7 Å². The summed E-state index contributed by atoms with van der Waals surface area (Å²) in [6, 6.07) is 0. The molecule has 0 radical (unpaired) electrons. The van der Waals surface area contributed by atoms with Crippen molar-refractivity contribution in [1.29, 1.82) is 0 Å². The second kappa shape index (κ2) is 9.21. The summed E-state index contributed by atoms with van der Waals surface area (Å²) < 4.78 is 0. The number of hydrogen-bond donors (Lipinski definition) is 1. The van der Waals surface area contributed by atoms with Crippen molar-refractivity contribution in [1.82, 2.24) is 0 Å².